The molecule has 5 nitrogen and oxygen atoms in total. The molecule has 0 fully saturated rings. The summed E-state index contributed by atoms with van der Waals surface area (Å²) in [5.74, 6) is 1.38. The highest BCUT2D eigenvalue weighted by Crippen LogP contribution is 2.14. The second-order valence-electron chi connectivity index (χ2n) is 5.44. The summed E-state index contributed by atoms with van der Waals surface area (Å²) in [5.41, 5.74) is 1.57. The highest BCUT2D eigenvalue weighted by Gasteiger charge is 1.96. The number of rotatable bonds is 6. The fourth-order valence-electron chi connectivity index (χ4n) is 2.32. The van der Waals surface area contributed by atoms with Crippen molar-refractivity contribution >= 4 is 12.2 Å². The Bertz CT molecular complexity index is 862. The van der Waals surface area contributed by atoms with E-state index < -0.39 is 0 Å². The molecular formula is C19H19N3O2. The van der Waals surface area contributed by atoms with E-state index in [4.69, 9.17) is 4.74 Å². The Kier molecular flexibility index (Phi) is 4.91. The number of benzene rings is 1. The Morgan fingerprint density at radius 1 is 1.17 bits per heavy atom. The van der Waals surface area contributed by atoms with Crippen molar-refractivity contribution in [1.82, 2.24) is 14.5 Å². The molecule has 2 heterocycles. The lowest BCUT2D eigenvalue weighted by molar-refractivity contribution is 0.298. The van der Waals surface area contributed by atoms with Gasteiger partial charge in [0.2, 0.25) is 0 Å². The van der Waals surface area contributed by atoms with E-state index in [1.165, 1.54) is 6.07 Å². The van der Waals surface area contributed by atoms with E-state index >= 15 is 0 Å². The van der Waals surface area contributed by atoms with Crippen molar-refractivity contribution in [3.63, 3.8) is 0 Å². The minimum atomic E-state index is -0.145. The molecule has 1 N–H and O–H groups in total. The minimum absolute atomic E-state index is 0.145. The van der Waals surface area contributed by atoms with Crippen molar-refractivity contribution in [1.29, 1.82) is 0 Å². The zero-order chi connectivity index (χ0) is 16.8. The number of hydrogen-bond acceptors (Lipinski definition) is 3. The van der Waals surface area contributed by atoms with Gasteiger partial charge in [0.1, 0.15) is 18.2 Å². The van der Waals surface area contributed by atoms with Gasteiger partial charge in [-0.1, -0.05) is 18.2 Å². The fraction of sp³-hybridized carbons (Fsp3) is 0.158. The number of aryl methyl sites for hydroxylation is 1. The molecule has 0 radical (unpaired) electrons. The lowest BCUT2D eigenvalue weighted by Gasteiger charge is -2.07. The number of hydrogen-bond donors (Lipinski definition) is 1. The molecule has 0 aliphatic rings. The third-order valence-electron chi connectivity index (χ3n) is 3.49. The lowest BCUT2D eigenvalue weighted by atomic mass is 10.2. The van der Waals surface area contributed by atoms with Crippen LogP contribution < -0.4 is 10.3 Å². The highest BCUT2D eigenvalue weighted by atomic mass is 16.5. The quantitative estimate of drug-likeness (QED) is 0.759. The largest absolute Gasteiger partial charge is 0.492 e. The average Bonchev–Trinajstić information content (AvgIpc) is 3.07. The summed E-state index contributed by atoms with van der Waals surface area (Å²) in [6, 6.07) is 13.3. The van der Waals surface area contributed by atoms with Gasteiger partial charge in [0, 0.05) is 24.2 Å². The van der Waals surface area contributed by atoms with Gasteiger partial charge < -0.3 is 14.3 Å². The number of nitrogens with one attached hydrogen (secondary N) is 1. The number of aromatic nitrogens is 3. The van der Waals surface area contributed by atoms with Crippen LogP contribution in [-0.4, -0.2) is 21.1 Å². The first kappa shape index (κ1) is 15.8. The molecule has 0 spiro atoms. The first-order valence-electron chi connectivity index (χ1n) is 7.79. The van der Waals surface area contributed by atoms with E-state index in [-0.39, 0.29) is 5.56 Å². The smallest absolute Gasteiger partial charge is 0.251 e. The molecule has 122 valence electrons. The van der Waals surface area contributed by atoms with Crippen molar-refractivity contribution in [2.75, 3.05) is 6.61 Å². The maximum Gasteiger partial charge on any atom is 0.251 e. The summed E-state index contributed by atoms with van der Waals surface area (Å²) < 4.78 is 7.80. The van der Waals surface area contributed by atoms with Gasteiger partial charge in [0.25, 0.3) is 5.56 Å². The van der Waals surface area contributed by atoms with Gasteiger partial charge in [-0.05, 0) is 42.8 Å². The Labute approximate surface area is 140 Å². The van der Waals surface area contributed by atoms with Crippen LogP contribution in [0.5, 0.6) is 5.75 Å². The van der Waals surface area contributed by atoms with Gasteiger partial charge >= 0.3 is 0 Å². The summed E-state index contributed by atoms with van der Waals surface area (Å²) >= 11 is 0. The van der Waals surface area contributed by atoms with Crippen LogP contribution in [0.15, 0.2) is 59.7 Å². The SMILES string of the molecule is Cc1cc(=O)[nH]c(/C=C/c2ccc(OCCn3cccc3)cc2)n1. The summed E-state index contributed by atoms with van der Waals surface area (Å²) in [6.45, 7) is 3.24. The average molecular weight is 321 g/mol. The van der Waals surface area contributed by atoms with Crippen molar-refractivity contribution in [3.05, 3.63) is 82.3 Å². The molecular weight excluding hydrogens is 302 g/mol. The molecule has 24 heavy (non-hydrogen) atoms. The van der Waals surface area contributed by atoms with Crippen LogP contribution >= 0.6 is 0 Å². The van der Waals surface area contributed by atoms with Gasteiger partial charge in [-0.15, -0.1) is 0 Å². The number of H-pyrrole nitrogens is 1. The molecule has 0 atom stereocenters. The Hall–Kier alpha value is -3.08. The van der Waals surface area contributed by atoms with E-state index in [0.717, 1.165) is 17.9 Å². The summed E-state index contributed by atoms with van der Waals surface area (Å²) in [6.07, 6.45) is 7.72. The Morgan fingerprint density at radius 3 is 2.62 bits per heavy atom. The number of aromatic amines is 1. The van der Waals surface area contributed by atoms with Gasteiger partial charge in [-0.3, -0.25) is 4.79 Å². The van der Waals surface area contributed by atoms with Crippen LogP contribution in [0.3, 0.4) is 0 Å². The molecule has 0 aliphatic heterocycles. The first-order chi connectivity index (χ1) is 11.7. The Morgan fingerprint density at radius 2 is 1.92 bits per heavy atom. The second-order valence-corrected chi connectivity index (χ2v) is 5.44. The minimum Gasteiger partial charge on any atom is -0.492 e. The normalized spacial score (nSPS) is 11.0. The van der Waals surface area contributed by atoms with Crippen LogP contribution in [0.1, 0.15) is 17.1 Å². The molecule has 0 bridgehead atoms. The number of nitrogens with zero attached hydrogens (tertiary/aromatic N) is 2. The van der Waals surface area contributed by atoms with Gasteiger partial charge in [0.15, 0.2) is 0 Å². The molecule has 0 amide bonds. The van der Waals surface area contributed by atoms with Crippen molar-refractivity contribution < 1.29 is 4.74 Å². The first-order valence-corrected chi connectivity index (χ1v) is 7.79. The van der Waals surface area contributed by atoms with Crippen molar-refractivity contribution in [2.45, 2.75) is 13.5 Å². The van der Waals surface area contributed by atoms with Crippen molar-refractivity contribution in [2.24, 2.45) is 0 Å². The third kappa shape index (κ3) is 4.46. The molecule has 2 aromatic heterocycles. The predicted molar refractivity (Wildman–Crippen MR) is 94.9 cm³/mol. The maximum absolute atomic E-state index is 11.4. The Balaban J connectivity index is 1.57. The highest BCUT2D eigenvalue weighted by molar-refractivity contribution is 5.66. The summed E-state index contributed by atoms with van der Waals surface area (Å²) in [4.78, 5) is 18.4. The molecule has 0 aliphatic carbocycles. The molecule has 3 rings (SSSR count). The molecule has 1 aromatic carbocycles. The van der Waals surface area contributed by atoms with E-state index in [2.05, 4.69) is 14.5 Å². The number of ether oxygens (including phenoxy) is 1. The van der Waals surface area contributed by atoms with E-state index in [1.807, 2.05) is 54.9 Å². The fourth-order valence-corrected chi connectivity index (χ4v) is 2.32. The molecule has 5 heteroatoms. The topological polar surface area (TPSA) is 59.9 Å². The van der Waals surface area contributed by atoms with Crippen molar-refractivity contribution in [3.8, 4) is 5.75 Å². The zero-order valence-electron chi connectivity index (χ0n) is 13.5. The van der Waals surface area contributed by atoms with E-state index in [0.29, 0.717) is 18.1 Å². The zero-order valence-corrected chi connectivity index (χ0v) is 13.5. The van der Waals surface area contributed by atoms with Gasteiger partial charge in [-0.25, -0.2) is 4.98 Å². The monoisotopic (exact) mass is 321 g/mol. The third-order valence-corrected chi connectivity index (χ3v) is 3.49. The molecule has 0 unspecified atom stereocenters. The van der Waals surface area contributed by atoms with E-state index in [9.17, 15) is 4.79 Å². The van der Waals surface area contributed by atoms with Crippen LogP contribution in [0.25, 0.3) is 12.2 Å². The molecule has 0 saturated heterocycles. The summed E-state index contributed by atoms with van der Waals surface area (Å²) in [7, 11) is 0. The van der Waals surface area contributed by atoms with Crippen LogP contribution in [0.4, 0.5) is 0 Å². The van der Waals surface area contributed by atoms with Crippen LogP contribution in [-0.2, 0) is 6.54 Å². The maximum atomic E-state index is 11.4. The summed E-state index contributed by atoms with van der Waals surface area (Å²) in [5, 5.41) is 0. The van der Waals surface area contributed by atoms with Gasteiger partial charge in [-0.2, -0.15) is 0 Å². The standard InChI is InChI=1S/C19H19N3O2/c1-15-14-19(23)21-18(20-15)9-6-16-4-7-17(8-5-16)24-13-12-22-10-2-3-11-22/h2-11,14H,12-13H2,1H3,(H,20,21,23)/b9-6+. The van der Waals surface area contributed by atoms with Crippen LogP contribution in [0, 0.1) is 6.92 Å². The lowest BCUT2D eigenvalue weighted by Crippen LogP contribution is -2.08. The molecule has 0 saturated carbocycles. The molecule has 3 aromatic rings. The second kappa shape index (κ2) is 7.46. The van der Waals surface area contributed by atoms with Crippen LogP contribution in [0.2, 0.25) is 0 Å². The van der Waals surface area contributed by atoms with E-state index in [1.54, 1.807) is 13.0 Å². The predicted octanol–water partition coefficient (Wildman–Crippen LogP) is 3.13. The van der Waals surface area contributed by atoms with Gasteiger partial charge in [0.05, 0.1) is 6.54 Å².